The molecule has 1 aliphatic heterocycles. The first kappa shape index (κ1) is 22.2. The first-order chi connectivity index (χ1) is 14.1. The number of para-hydroxylation sites is 2. The predicted molar refractivity (Wildman–Crippen MR) is 127 cm³/mol. The molecule has 0 atom stereocenters. The van der Waals surface area contributed by atoms with Gasteiger partial charge >= 0.3 is 0 Å². The summed E-state index contributed by atoms with van der Waals surface area (Å²) >= 11 is 8.81. The second-order valence-electron chi connectivity index (χ2n) is 7.01. The van der Waals surface area contributed by atoms with Crippen LogP contribution < -0.4 is 14.9 Å². The SMILES string of the molecule is CN(C)Sc1ccc(SNc2ccccc2N2CCCCC2)c(NC(=O)CCl)c1. The third kappa shape index (κ3) is 6.47. The summed E-state index contributed by atoms with van der Waals surface area (Å²) < 4.78 is 5.51. The highest BCUT2D eigenvalue weighted by Gasteiger charge is 2.15. The third-order valence-electron chi connectivity index (χ3n) is 4.51. The summed E-state index contributed by atoms with van der Waals surface area (Å²) in [5, 5.41) is 2.91. The average Bonchev–Trinajstić information content (AvgIpc) is 2.73. The zero-order valence-electron chi connectivity index (χ0n) is 16.8. The Kier molecular flexibility index (Phi) is 8.41. The van der Waals surface area contributed by atoms with Gasteiger partial charge in [0.05, 0.1) is 22.0 Å². The van der Waals surface area contributed by atoms with E-state index in [-0.39, 0.29) is 11.8 Å². The third-order valence-corrected chi connectivity index (χ3v) is 6.48. The number of nitrogens with one attached hydrogen (secondary N) is 2. The van der Waals surface area contributed by atoms with Crippen LogP contribution in [-0.4, -0.2) is 43.3 Å². The van der Waals surface area contributed by atoms with Gasteiger partial charge in [0.1, 0.15) is 5.88 Å². The molecule has 1 aliphatic rings. The van der Waals surface area contributed by atoms with E-state index >= 15 is 0 Å². The molecule has 0 spiro atoms. The normalized spacial score (nSPS) is 14.1. The summed E-state index contributed by atoms with van der Waals surface area (Å²) in [7, 11) is 3.98. The van der Waals surface area contributed by atoms with Gasteiger partial charge in [0, 0.05) is 18.0 Å². The lowest BCUT2D eigenvalue weighted by molar-refractivity contribution is -0.113. The predicted octanol–water partition coefficient (Wildman–Crippen LogP) is 5.54. The smallest absolute Gasteiger partial charge is 0.239 e. The van der Waals surface area contributed by atoms with Gasteiger partial charge in [-0.25, -0.2) is 0 Å². The summed E-state index contributed by atoms with van der Waals surface area (Å²) in [6.45, 7) is 2.19. The van der Waals surface area contributed by atoms with Crippen LogP contribution in [-0.2, 0) is 4.79 Å². The molecule has 0 bridgehead atoms. The number of alkyl halides is 1. The summed E-state index contributed by atoms with van der Waals surface area (Å²) in [5.41, 5.74) is 3.07. The van der Waals surface area contributed by atoms with Crippen LogP contribution in [0.25, 0.3) is 0 Å². The van der Waals surface area contributed by atoms with Crippen molar-refractivity contribution in [2.24, 2.45) is 0 Å². The number of piperidine rings is 1. The van der Waals surface area contributed by atoms with E-state index in [4.69, 9.17) is 11.6 Å². The van der Waals surface area contributed by atoms with Gasteiger partial charge in [-0.2, -0.15) is 0 Å². The molecule has 0 aromatic heterocycles. The molecule has 1 heterocycles. The lowest BCUT2D eigenvalue weighted by atomic mass is 10.1. The zero-order chi connectivity index (χ0) is 20.6. The van der Waals surface area contributed by atoms with Crippen molar-refractivity contribution in [1.82, 2.24) is 4.31 Å². The molecule has 2 N–H and O–H groups in total. The van der Waals surface area contributed by atoms with Crippen molar-refractivity contribution >= 4 is 58.5 Å². The van der Waals surface area contributed by atoms with Crippen LogP contribution >= 0.6 is 35.5 Å². The minimum atomic E-state index is -0.214. The zero-order valence-corrected chi connectivity index (χ0v) is 19.2. The fourth-order valence-corrected chi connectivity index (χ4v) is 4.76. The van der Waals surface area contributed by atoms with E-state index < -0.39 is 0 Å². The standard InChI is InChI=1S/C21H27ClN4OS2/c1-25(2)29-16-10-11-20(18(14-16)23-21(27)15-22)28-24-17-8-4-5-9-19(17)26-12-6-3-7-13-26/h4-5,8-11,14,24H,3,6-7,12-13,15H2,1-2H3,(H,23,27). The molecule has 1 fully saturated rings. The van der Waals surface area contributed by atoms with Gasteiger partial charge in [-0.1, -0.05) is 12.1 Å². The van der Waals surface area contributed by atoms with Crippen molar-refractivity contribution < 1.29 is 4.79 Å². The molecule has 0 aliphatic carbocycles. The summed E-state index contributed by atoms with van der Waals surface area (Å²) in [4.78, 5) is 16.3. The van der Waals surface area contributed by atoms with Crippen molar-refractivity contribution in [2.45, 2.75) is 29.1 Å². The molecule has 8 heteroatoms. The van der Waals surface area contributed by atoms with Gasteiger partial charge in [-0.15, -0.1) is 11.6 Å². The molecule has 1 saturated heterocycles. The Morgan fingerprint density at radius 2 is 1.86 bits per heavy atom. The number of carbonyl (C=O) groups is 1. The summed E-state index contributed by atoms with van der Waals surface area (Å²) in [6.07, 6.45) is 3.78. The fraction of sp³-hybridized carbons (Fsp3) is 0.381. The second kappa shape index (κ2) is 11.0. The first-order valence-electron chi connectivity index (χ1n) is 9.69. The Bertz CT molecular complexity index is 828. The first-order valence-corrected chi connectivity index (χ1v) is 11.8. The Balaban J connectivity index is 1.78. The number of halogens is 1. The van der Waals surface area contributed by atoms with Crippen LogP contribution in [0.3, 0.4) is 0 Å². The van der Waals surface area contributed by atoms with E-state index in [9.17, 15) is 4.79 Å². The van der Waals surface area contributed by atoms with Crippen molar-refractivity contribution in [2.75, 3.05) is 48.0 Å². The van der Waals surface area contributed by atoms with Crippen LogP contribution in [0.1, 0.15) is 19.3 Å². The number of anilines is 3. The minimum absolute atomic E-state index is 0.0691. The topological polar surface area (TPSA) is 47.6 Å². The van der Waals surface area contributed by atoms with E-state index in [2.05, 4.69) is 39.2 Å². The molecular formula is C21H27ClN4OS2. The highest BCUT2D eigenvalue weighted by atomic mass is 35.5. The lowest BCUT2D eigenvalue weighted by Gasteiger charge is -2.30. The highest BCUT2D eigenvalue weighted by molar-refractivity contribution is 8.00. The largest absolute Gasteiger partial charge is 0.370 e. The van der Waals surface area contributed by atoms with Crippen molar-refractivity contribution in [3.63, 3.8) is 0 Å². The molecule has 3 rings (SSSR count). The van der Waals surface area contributed by atoms with E-state index in [1.165, 1.54) is 36.9 Å². The Morgan fingerprint density at radius 1 is 1.10 bits per heavy atom. The van der Waals surface area contributed by atoms with Crippen molar-refractivity contribution in [3.8, 4) is 0 Å². The Morgan fingerprint density at radius 3 is 2.59 bits per heavy atom. The molecule has 156 valence electrons. The van der Waals surface area contributed by atoms with Gasteiger partial charge in [0.15, 0.2) is 0 Å². The van der Waals surface area contributed by atoms with Gasteiger partial charge < -0.3 is 14.9 Å². The Labute approximate surface area is 186 Å². The van der Waals surface area contributed by atoms with Crippen LogP contribution in [0.2, 0.25) is 0 Å². The molecule has 0 unspecified atom stereocenters. The molecule has 2 aromatic rings. The van der Waals surface area contributed by atoms with Crippen LogP contribution in [0, 0.1) is 0 Å². The van der Waals surface area contributed by atoms with Gasteiger partial charge in [0.25, 0.3) is 0 Å². The van der Waals surface area contributed by atoms with E-state index in [1.54, 1.807) is 11.9 Å². The van der Waals surface area contributed by atoms with Gasteiger partial charge in [0.2, 0.25) is 5.91 Å². The number of carbonyl (C=O) groups excluding carboxylic acids is 1. The van der Waals surface area contributed by atoms with E-state index in [1.807, 2.05) is 36.6 Å². The molecule has 5 nitrogen and oxygen atoms in total. The highest BCUT2D eigenvalue weighted by Crippen LogP contribution is 2.36. The van der Waals surface area contributed by atoms with Crippen LogP contribution in [0.4, 0.5) is 17.1 Å². The fourth-order valence-electron chi connectivity index (χ4n) is 3.23. The average molecular weight is 451 g/mol. The van der Waals surface area contributed by atoms with Gasteiger partial charge in [-0.3, -0.25) is 9.10 Å². The van der Waals surface area contributed by atoms with E-state index in [0.717, 1.165) is 34.3 Å². The summed E-state index contributed by atoms with van der Waals surface area (Å²) in [5.74, 6) is -0.283. The number of rotatable bonds is 8. The lowest BCUT2D eigenvalue weighted by Crippen LogP contribution is -2.29. The number of hydrogen-bond donors (Lipinski definition) is 2. The van der Waals surface area contributed by atoms with Crippen LogP contribution in [0.15, 0.2) is 52.3 Å². The molecule has 29 heavy (non-hydrogen) atoms. The van der Waals surface area contributed by atoms with Crippen molar-refractivity contribution in [1.29, 1.82) is 0 Å². The molecular weight excluding hydrogens is 424 g/mol. The van der Waals surface area contributed by atoms with Gasteiger partial charge in [-0.05, 0) is 87.6 Å². The number of hydrogen-bond acceptors (Lipinski definition) is 6. The van der Waals surface area contributed by atoms with Crippen LogP contribution in [0.5, 0.6) is 0 Å². The molecule has 1 amide bonds. The maximum atomic E-state index is 11.9. The van der Waals surface area contributed by atoms with E-state index in [0.29, 0.717) is 0 Å². The molecule has 0 saturated carbocycles. The van der Waals surface area contributed by atoms with Crippen molar-refractivity contribution in [3.05, 3.63) is 42.5 Å². The summed E-state index contributed by atoms with van der Waals surface area (Å²) in [6, 6.07) is 14.5. The maximum Gasteiger partial charge on any atom is 0.239 e. The maximum absolute atomic E-state index is 11.9. The Hall–Kier alpha value is -1.54. The molecule has 2 aromatic carbocycles. The second-order valence-corrected chi connectivity index (χ2v) is 9.51. The monoisotopic (exact) mass is 450 g/mol. The number of nitrogens with zero attached hydrogens (tertiary/aromatic N) is 2. The number of amides is 1. The minimum Gasteiger partial charge on any atom is -0.370 e. The quantitative estimate of drug-likeness (QED) is 0.406. The number of benzene rings is 2. The molecule has 0 radical (unpaired) electrons.